The number of benzene rings is 1. The quantitative estimate of drug-likeness (QED) is 0.264. The van der Waals surface area contributed by atoms with Gasteiger partial charge in [0.1, 0.15) is 0 Å². The van der Waals surface area contributed by atoms with Gasteiger partial charge in [0.05, 0.1) is 12.1 Å². The number of aryl methyl sites for hydroxylation is 1. The van der Waals surface area contributed by atoms with E-state index in [1.54, 1.807) is 5.57 Å². The molecule has 0 saturated heterocycles. The second-order valence-electron chi connectivity index (χ2n) is 15.8. The van der Waals surface area contributed by atoms with Crippen molar-refractivity contribution in [2.75, 3.05) is 0 Å². The van der Waals surface area contributed by atoms with E-state index in [-0.39, 0.29) is 6.04 Å². The Bertz CT molecular complexity index is 2150. The van der Waals surface area contributed by atoms with Crippen molar-refractivity contribution in [1.82, 2.24) is 9.47 Å². The first kappa shape index (κ1) is 33.0. The van der Waals surface area contributed by atoms with Crippen LogP contribution < -0.4 is 0 Å². The molecule has 0 aliphatic heterocycles. The fraction of sp³-hybridized carbons (Fsp3) is 0.320. The van der Waals surface area contributed by atoms with Crippen molar-refractivity contribution in [3.05, 3.63) is 185 Å². The molecule has 2 heteroatoms. The number of hydrogen-bond donors (Lipinski definition) is 0. The molecule has 2 aromatic rings. The van der Waals surface area contributed by atoms with E-state index in [1.165, 1.54) is 81.5 Å². The third-order valence-corrected chi connectivity index (χ3v) is 12.5. The first-order chi connectivity index (χ1) is 25.6. The van der Waals surface area contributed by atoms with Gasteiger partial charge >= 0.3 is 0 Å². The van der Waals surface area contributed by atoms with E-state index in [0.29, 0.717) is 23.8 Å². The summed E-state index contributed by atoms with van der Waals surface area (Å²) in [6.45, 7) is 7.05. The lowest BCUT2D eigenvalue weighted by Crippen LogP contribution is -2.36. The molecule has 0 fully saturated rings. The summed E-state index contributed by atoms with van der Waals surface area (Å²) in [4.78, 5) is 2.59. The molecule has 7 aliphatic carbocycles. The van der Waals surface area contributed by atoms with E-state index >= 15 is 0 Å². The van der Waals surface area contributed by atoms with Gasteiger partial charge in [-0.25, -0.2) is 0 Å². The molecular weight excluding hydrogens is 629 g/mol. The number of rotatable bonds is 7. The van der Waals surface area contributed by atoms with E-state index in [4.69, 9.17) is 6.58 Å². The van der Waals surface area contributed by atoms with Crippen LogP contribution in [0.2, 0.25) is 0 Å². The molecule has 9 rings (SSSR count). The Morgan fingerprint density at radius 1 is 0.769 bits per heavy atom. The van der Waals surface area contributed by atoms with Crippen LogP contribution in [0.25, 0.3) is 17.0 Å². The van der Waals surface area contributed by atoms with Gasteiger partial charge in [0, 0.05) is 45.7 Å². The average molecular weight is 681 g/mol. The molecule has 262 valence electrons. The van der Waals surface area contributed by atoms with E-state index in [1.807, 2.05) is 0 Å². The van der Waals surface area contributed by atoms with Crippen LogP contribution in [-0.4, -0.2) is 15.5 Å². The molecule has 1 aromatic heterocycles. The van der Waals surface area contributed by atoms with Gasteiger partial charge in [-0.3, -0.25) is 0 Å². The zero-order chi connectivity index (χ0) is 35.0. The van der Waals surface area contributed by atoms with Gasteiger partial charge in [-0.15, -0.1) is 0 Å². The first-order valence-electron chi connectivity index (χ1n) is 20.0. The third-order valence-electron chi connectivity index (χ3n) is 12.5. The zero-order valence-corrected chi connectivity index (χ0v) is 30.8. The normalized spacial score (nSPS) is 28.2. The van der Waals surface area contributed by atoms with Gasteiger partial charge in [-0.2, -0.15) is 0 Å². The Balaban J connectivity index is 0.963. The van der Waals surface area contributed by atoms with Crippen molar-refractivity contribution in [2.24, 2.45) is 17.8 Å². The molecule has 0 amide bonds. The highest BCUT2D eigenvalue weighted by Gasteiger charge is 2.31. The third kappa shape index (κ3) is 6.21. The minimum atomic E-state index is 0.0951. The summed E-state index contributed by atoms with van der Waals surface area (Å²) >= 11 is 0. The highest BCUT2D eigenvalue weighted by Crippen LogP contribution is 2.41. The lowest BCUT2D eigenvalue weighted by molar-refractivity contribution is 0.406. The minimum absolute atomic E-state index is 0.0951. The molecule has 0 saturated carbocycles. The summed E-state index contributed by atoms with van der Waals surface area (Å²) in [6, 6.07) is 9.43. The standard InChI is InChI=1S/C50H52N2/c1-35-33-41(37-13-5-3-6-14-37)25-31-47(35)51(48-32-26-42(34-36(48)2)38-15-7-4-8-16-38)43-27-21-39(22-28-43)40-23-29-44(30-24-40)52-49-19-11-9-17-45(49)46-18-10-12-20-50(46)52/h4-5,7,9,11-13,15,17,19-21,23-29,31-33,37,39,42,44,47H,1,3,6,8,10,14,16,18,22,30,34H2,2H3. The van der Waals surface area contributed by atoms with Gasteiger partial charge in [0.25, 0.3) is 0 Å². The number of allylic oxidation sites excluding steroid dienone is 19. The van der Waals surface area contributed by atoms with Crippen molar-refractivity contribution in [2.45, 2.75) is 83.2 Å². The molecule has 5 atom stereocenters. The monoisotopic (exact) mass is 680 g/mol. The summed E-state index contributed by atoms with van der Waals surface area (Å²) in [5.74, 6) is 1.39. The van der Waals surface area contributed by atoms with E-state index in [0.717, 1.165) is 38.5 Å². The largest absolute Gasteiger partial charge is 0.333 e. The number of para-hydroxylation sites is 1. The molecule has 0 radical (unpaired) electrons. The van der Waals surface area contributed by atoms with Crippen molar-refractivity contribution in [3.8, 4) is 0 Å². The highest BCUT2D eigenvalue weighted by atomic mass is 15.2. The van der Waals surface area contributed by atoms with Crippen LogP contribution in [0.5, 0.6) is 0 Å². The Kier molecular flexibility index (Phi) is 9.09. The van der Waals surface area contributed by atoms with Crippen LogP contribution in [0.1, 0.15) is 82.0 Å². The van der Waals surface area contributed by atoms with Gasteiger partial charge in [-0.1, -0.05) is 121 Å². The molecular formula is C50H52N2. The van der Waals surface area contributed by atoms with Gasteiger partial charge in [0.15, 0.2) is 0 Å². The maximum atomic E-state index is 4.69. The molecule has 52 heavy (non-hydrogen) atoms. The fourth-order valence-electron chi connectivity index (χ4n) is 9.72. The van der Waals surface area contributed by atoms with Gasteiger partial charge in [0.2, 0.25) is 0 Å². The van der Waals surface area contributed by atoms with Crippen molar-refractivity contribution in [3.63, 3.8) is 0 Å². The van der Waals surface area contributed by atoms with Crippen molar-refractivity contribution >= 4 is 17.0 Å². The van der Waals surface area contributed by atoms with Crippen LogP contribution in [0.3, 0.4) is 0 Å². The predicted molar refractivity (Wildman–Crippen MR) is 220 cm³/mol. The second kappa shape index (κ2) is 14.3. The summed E-state index contributed by atoms with van der Waals surface area (Å²) in [5, 5.41) is 1.42. The summed E-state index contributed by atoms with van der Waals surface area (Å²) < 4.78 is 2.59. The Labute approximate surface area is 311 Å². The number of aromatic nitrogens is 1. The Hall–Kier alpha value is -4.82. The number of hydrogen-bond acceptors (Lipinski definition) is 1. The van der Waals surface area contributed by atoms with Crippen LogP contribution in [0.4, 0.5) is 0 Å². The van der Waals surface area contributed by atoms with Gasteiger partial charge < -0.3 is 9.47 Å². The van der Waals surface area contributed by atoms with Crippen LogP contribution in [-0.2, 0) is 6.42 Å². The molecule has 2 nitrogen and oxygen atoms in total. The number of nitrogens with zero attached hydrogens (tertiary/aromatic N) is 2. The smallest absolute Gasteiger partial charge is 0.0773 e. The zero-order valence-electron chi connectivity index (χ0n) is 30.8. The SMILES string of the molecule is C=C1C=C(C2C=CCCC2)C=CC1N(C1=CCC(C2=CCC(n3c4c(c5ccccc53)CCC=C4)C=C2)C=C1)C1=C(C)CC(C2=CC=CCC2)C=C1. The van der Waals surface area contributed by atoms with Crippen LogP contribution in [0.15, 0.2) is 173 Å². The minimum Gasteiger partial charge on any atom is -0.333 e. The average Bonchev–Trinajstić information content (AvgIpc) is 3.54. The van der Waals surface area contributed by atoms with Crippen molar-refractivity contribution < 1.29 is 0 Å². The van der Waals surface area contributed by atoms with E-state index < -0.39 is 0 Å². The lowest BCUT2D eigenvalue weighted by Gasteiger charge is -2.40. The van der Waals surface area contributed by atoms with Crippen LogP contribution >= 0.6 is 0 Å². The lowest BCUT2D eigenvalue weighted by atomic mass is 9.82. The maximum Gasteiger partial charge on any atom is 0.0773 e. The van der Waals surface area contributed by atoms with Crippen LogP contribution in [0, 0.1) is 17.8 Å². The molecule has 7 aliphatic rings. The molecule has 1 heterocycles. The summed E-state index contributed by atoms with van der Waals surface area (Å²) in [5.41, 5.74) is 14.0. The number of fused-ring (bicyclic) bond motifs is 3. The molecule has 0 N–H and O–H groups in total. The summed E-state index contributed by atoms with van der Waals surface area (Å²) in [7, 11) is 0. The topological polar surface area (TPSA) is 8.17 Å². The second-order valence-corrected chi connectivity index (χ2v) is 15.8. The molecule has 5 unspecified atom stereocenters. The predicted octanol–water partition coefficient (Wildman–Crippen LogP) is 12.7. The van der Waals surface area contributed by atoms with Gasteiger partial charge in [-0.05, 0) is 123 Å². The Morgan fingerprint density at radius 2 is 1.65 bits per heavy atom. The van der Waals surface area contributed by atoms with E-state index in [9.17, 15) is 0 Å². The summed E-state index contributed by atoms with van der Waals surface area (Å²) in [6.07, 6.45) is 54.6. The fourth-order valence-corrected chi connectivity index (χ4v) is 9.72. The molecule has 1 aromatic carbocycles. The molecule has 0 bridgehead atoms. The van der Waals surface area contributed by atoms with Crippen molar-refractivity contribution in [1.29, 1.82) is 0 Å². The first-order valence-corrected chi connectivity index (χ1v) is 20.0. The molecule has 0 spiro atoms. The highest BCUT2D eigenvalue weighted by molar-refractivity contribution is 5.89. The Morgan fingerprint density at radius 3 is 2.42 bits per heavy atom. The van der Waals surface area contributed by atoms with E-state index in [2.05, 4.69) is 150 Å². The maximum absolute atomic E-state index is 4.69.